The van der Waals surface area contributed by atoms with Crippen molar-refractivity contribution in [2.24, 2.45) is 5.73 Å². The van der Waals surface area contributed by atoms with Crippen molar-refractivity contribution in [3.63, 3.8) is 0 Å². The van der Waals surface area contributed by atoms with Crippen LogP contribution in [0, 0.1) is 13.8 Å². The van der Waals surface area contributed by atoms with Crippen LogP contribution in [-0.2, 0) is 11.2 Å². The number of carbonyl (C=O) groups is 1. The zero-order valence-corrected chi connectivity index (χ0v) is 7.79. The summed E-state index contributed by atoms with van der Waals surface area (Å²) in [5.41, 5.74) is 8.41. The van der Waals surface area contributed by atoms with Crippen LogP contribution in [0.2, 0.25) is 0 Å². The maximum Gasteiger partial charge on any atom is 0.320 e. The summed E-state index contributed by atoms with van der Waals surface area (Å²) in [5.74, 6) is -0.966. The summed E-state index contributed by atoms with van der Waals surface area (Å²) in [6.45, 7) is 3.87. The Labute approximate surface area is 76.8 Å². The van der Waals surface area contributed by atoms with E-state index in [0.717, 1.165) is 17.0 Å². The van der Waals surface area contributed by atoms with Gasteiger partial charge in [-0.1, -0.05) is 0 Å². The second-order valence-corrected chi connectivity index (χ2v) is 3.26. The lowest BCUT2D eigenvalue weighted by Gasteiger charge is -2.05. The third-order valence-corrected chi connectivity index (χ3v) is 2.00. The van der Waals surface area contributed by atoms with Crippen molar-refractivity contribution >= 4 is 5.97 Å². The van der Waals surface area contributed by atoms with Crippen LogP contribution in [0.4, 0.5) is 0 Å². The van der Waals surface area contributed by atoms with E-state index in [4.69, 9.17) is 10.8 Å². The molecular formula is C9H14N2O2. The van der Waals surface area contributed by atoms with E-state index in [9.17, 15) is 4.79 Å². The molecule has 0 aliphatic heterocycles. The first kappa shape index (κ1) is 9.80. The second kappa shape index (κ2) is 3.62. The van der Waals surface area contributed by atoms with E-state index in [-0.39, 0.29) is 0 Å². The summed E-state index contributed by atoms with van der Waals surface area (Å²) in [7, 11) is 0. The standard InChI is InChI=1S/C9H14N2O2/c1-5-3-6(2)11-8(5)4-7(10)9(12)13/h3,7,11H,4,10H2,1-2H3,(H,12,13)/t7-/m1/s1. The van der Waals surface area contributed by atoms with Gasteiger partial charge in [-0.15, -0.1) is 0 Å². The third kappa shape index (κ3) is 2.32. The predicted molar refractivity (Wildman–Crippen MR) is 49.6 cm³/mol. The molecule has 1 aromatic rings. The van der Waals surface area contributed by atoms with E-state index in [1.54, 1.807) is 0 Å². The number of aryl methyl sites for hydroxylation is 2. The van der Waals surface area contributed by atoms with Gasteiger partial charge >= 0.3 is 5.97 Å². The van der Waals surface area contributed by atoms with Gasteiger partial charge in [-0.25, -0.2) is 0 Å². The highest BCUT2D eigenvalue weighted by Gasteiger charge is 2.14. The molecule has 4 N–H and O–H groups in total. The lowest BCUT2D eigenvalue weighted by Crippen LogP contribution is -2.32. The molecule has 0 radical (unpaired) electrons. The fourth-order valence-corrected chi connectivity index (χ4v) is 1.30. The summed E-state index contributed by atoms with van der Waals surface area (Å²) in [6.07, 6.45) is 0.356. The molecule has 1 heterocycles. The molecule has 1 aromatic heterocycles. The van der Waals surface area contributed by atoms with Crippen LogP contribution >= 0.6 is 0 Å². The van der Waals surface area contributed by atoms with Crippen LogP contribution in [-0.4, -0.2) is 22.1 Å². The number of carboxylic acids is 1. The van der Waals surface area contributed by atoms with E-state index < -0.39 is 12.0 Å². The zero-order chi connectivity index (χ0) is 10.0. The van der Waals surface area contributed by atoms with Gasteiger partial charge in [0.1, 0.15) is 6.04 Å². The number of aromatic amines is 1. The van der Waals surface area contributed by atoms with Crippen molar-refractivity contribution in [3.8, 4) is 0 Å². The molecule has 0 aliphatic carbocycles. The number of hydrogen-bond donors (Lipinski definition) is 3. The number of aromatic nitrogens is 1. The minimum Gasteiger partial charge on any atom is -0.480 e. The molecular weight excluding hydrogens is 168 g/mol. The normalized spacial score (nSPS) is 12.8. The van der Waals surface area contributed by atoms with Crippen LogP contribution in [0.1, 0.15) is 17.0 Å². The first-order valence-corrected chi connectivity index (χ1v) is 4.14. The van der Waals surface area contributed by atoms with Gasteiger partial charge in [0, 0.05) is 17.8 Å². The highest BCUT2D eigenvalue weighted by Crippen LogP contribution is 2.10. The molecule has 0 saturated heterocycles. The van der Waals surface area contributed by atoms with E-state index >= 15 is 0 Å². The third-order valence-electron chi connectivity index (χ3n) is 2.00. The fourth-order valence-electron chi connectivity index (χ4n) is 1.30. The average Bonchev–Trinajstić information content (AvgIpc) is 2.30. The number of hydrogen-bond acceptors (Lipinski definition) is 2. The zero-order valence-electron chi connectivity index (χ0n) is 7.79. The van der Waals surface area contributed by atoms with Gasteiger partial charge in [-0.3, -0.25) is 4.79 Å². The molecule has 13 heavy (non-hydrogen) atoms. The molecule has 1 atom stereocenters. The van der Waals surface area contributed by atoms with Crippen LogP contribution in [0.5, 0.6) is 0 Å². The van der Waals surface area contributed by atoms with Crippen molar-refractivity contribution in [2.45, 2.75) is 26.3 Å². The number of nitrogens with one attached hydrogen (secondary N) is 1. The van der Waals surface area contributed by atoms with Gasteiger partial charge in [0.15, 0.2) is 0 Å². The molecule has 0 fully saturated rings. The maximum absolute atomic E-state index is 10.5. The number of H-pyrrole nitrogens is 1. The van der Waals surface area contributed by atoms with Gasteiger partial charge in [0.05, 0.1) is 0 Å². The van der Waals surface area contributed by atoms with Crippen molar-refractivity contribution in [1.82, 2.24) is 4.98 Å². The Kier molecular flexibility index (Phi) is 2.72. The lowest BCUT2D eigenvalue weighted by atomic mass is 10.1. The van der Waals surface area contributed by atoms with Crippen LogP contribution < -0.4 is 5.73 Å². The van der Waals surface area contributed by atoms with Crippen molar-refractivity contribution in [3.05, 3.63) is 23.0 Å². The first-order valence-electron chi connectivity index (χ1n) is 4.14. The van der Waals surface area contributed by atoms with Crippen LogP contribution in [0.3, 0.4) is 0 Å². The molecule has 1 rings (SSSR count). The predicted octanol–water partition coefficient (Wildman–Crippen LogP) is 0.586. The Hall–Kier alpha value is -1.29. The van der Waals surface area contributed by atoms with Crippen molar-refractivity contribution in [1.29, 1.82) is 0 Å². The Morgan fingerprint density at radius 3 is 2.69 bits per heavy atom. The van der Waals surface area contributed by atoms with Gasteiger partial charge in [-0.05, 0) is 25.5 Å². The summed E-state index contributed by atoms with van der Waals surface area (Å²) in [5, 5.41) is 8.60. The molecule has 0 aliphatic rings. The van der Waals surface area contributed by atoms with E-state index in [0.29, 0.717) is 6.42 Å². The fraction of sp³-hybridized carbons (Fsp3) is 0.444. The Bertz CT molecular complexity index is 317. The molecule has 72 valence electrons. The van der Waals surface area contributed by atoms with Crippen LogP contribution in [0.15, 0.2) is 6.07 Å². The van der Waals surface area contributed by atoms with Gasteiger partial charge < -0.3 is 15.8 Å². The molecule has 0 unspecified atom stereocenters. The van der Waals surface area contributed by atoms with Crippen molar-refractivity contribution < 1.29 is 9.90 Å². The second-order valence-electron chi connectivity index (χ2n) is 3.26. The monoisotopic (exact) mass is 182 g/mol. The van der Waals surface area contributed by atoms with E-state index in [1.165, 1.54) is 0 Å². The van der Waals surface area contributed by atoms with Crippen molar-refractivity contribution in [2.75, 3.05) is 0 Å². The first-order chi connectivity index (χ1) is 6.00. The SMILES string of the molecule is Cc1cc(C)c(C[C@@H](N)C(=O)O)[nH]1. The quantitative estimate of drug-likeness (QED) is 0.640. The summed E-state index contributed by atoms with van der Waals surface area (Å²) in [4.78, 5) is 13.6. The number of aliphatic carboxylic acids is 1. The highest BCUT2D eigenvalue weighted by molar-refractivity contribution is 5.73. The molecule has 0 spiro atoms. The minimum atomic E-state index is -0.966. The molecule has 4 nitrogen and oxygen atoms in total. The van der Waals surface area contributed by atoms with Gasteiger partial charge in [0.2, 0.25) is 0 Å². The van der Waals surface area contributed by atoms with E-state index in [2.05, 4.69) is 4.98 Å². The number of rotatable bonds is 3. The van der Waals surface area contributed by atoms with Gasteiger partial charge in [-0.2, -0.15) is 0 Å². The lowest BCUT2D eigenvalue weighted by molar-refractivity contribution is -0.138. The highest BCUT2D eigenvalue weighted by atomic mass is 16.4. The van der Waals surface area contributed by atoms with Gasteiger partial charge in [0.25, 0.3) is 0 Å². The summed E-state index contributed by atoms with van der Waals surface area (Å²) in [6, 6.07) is 1.15. The average molecular weight is 182 g/mol. The number of nitrogens with two attached hydrogens (primary N) is 1. The Balaban J connectivity index is 2.74. The Morgan fingerprint density at radius 2 is 2.31 bits per heavy atom. The minimum absolute atomic E-state index is 0.356. The topological polar surface area (TPSA) is 79.1 Å². The Morgan fingerprint density at radius 1 is 1.69 bits per heavy atom. The molecule has 0 saturated carbocycles. The maximum atomic E-state index is 10.5. The van der Waals surface area contributed by atoms with Crippen LogP contribution in [0.25, 0.3) is 0 Å². The van der Waals surface area contributed by atoms with E-state index in [1.807, 2.05) is 19.9 Å². The smallest absolute Gasteiger partial charge is 0.320 e. The largest absolute Gasteiger partial charge is 0.480 e. The summed E-state index contributed by atoms with van der Waals surface area (Å²) >= 11 is 0. The molecule has 0 bridgehead atoms. The number of carboxylic acid groups (broad SMARTS) is 1. The summed E-state index contributed by atoms with van der Waals surface area (Å²) < 4.78 is 0. The molecule has 4 heteroatoms. The molecule has 0 aromatic carbocycles. The molecule has 0 amide bonds.